The topological polar surface area (TPSA) is 65.5 Å². The van der Waals surface area contributed by atoms with E-state index in [2.05, 4.69) is 40.3 Å². The molecule has 160 valence electrons. The summed E-state index contributed by atoms with van der Waals surface area (Å²) in [5.74, 6) is 2.86. The van der Waals surface area contributed by atoms with Crippen molar-refractivity contribution in [1.29, 1.82) is 0 Å². The van der Waals surface area contributed by atoms with Gasteiger partial charge in [0.15, 0.2) is 11.5 Å². The second-order valence-corrected chi connectivity index (χ2v) is 8.04. The number of methoxy groups -OCH3 is 3. The molecule has 0 spiro atoms. The highest BCUT2D eigenvalue weighted by Gasteiger charge is 2.20. The molecule has 0 radical (unpaired) electrons. The molecule has 0 fully saturated rings. The largest absolute Gasteiger partial charge is 0.493 e. The van der Waals surface area contributed by atoms with Crippen LogP contribution in [0.1, 0.15) is 36.3 Å². The Balaban J connectivity index is 2.11. The molecule has 30 heavy (non-hydrogen) atoms. The minimum atomic E-state index is 0.0602. The summed E-state index contributed by atoms with van der Waals surface area (Å²) in [6.45, 7) is 4.69. The van der Waals surface area contributed by atoms with Crippen LogP contribution in [-0.4, -0.2) is 37.9 Å². The summed E-state index contributed by atoms with van der Waals surface area (Å²) in [5, 5.41) is 4.47. The van der Waals surface area contributed by atoms with Gasteiger partial charge in [0.05, 0.1) is 25.8 Å². The highest BCUT2D eigenvalue weighted by Crippen LogP contribution is 2.40. The zero-order chi connectivity index (χ0) is 21.7. The van der Waals surface area contributed by atoms with Crippen LogP contribution in [0.5, 0.6) is 11.5 Å². The normalized spacial score (nSPS) is 12.1. The standard InChI is InChI=1S/C23H28BrN3O3/c1-14(16-8-6-9-17(24)12-16)25-23-19-13-20(29-4)22(30-5)18(10-7-11-28-3)21(19)26-15(2)27-23/h6,8-9,12-14H,7,10-11H2,1-5H3,(H,25,26,27)/t14-/m1/s1. The van der Waals surface area contributed by atoms with Crippen molar-refractivity contribution < 1.29 is 14.2 Å². The Hall–Kier alpha value is -2.38. The lowest BCUT2D eigenvalue weighted by atomic mass is 10.0. The van der Waals surface area contributed by atoms with E-state index in [-0.39, 0.29) is 6.04 Å². The smallest absolute Gasteiger partial charge is 0.166 e. The minimum Gasteiger partial charge on any atom is -0.493 e. The fourth-order valence-electron chi connectivity index (χ4n) is 3.58. The summed E-state index contributed by atoms with van der Waals surface area (Å²) in [5.41, 5.74) is 3.04. The first kappa shape index (κ1) is 22.3. The third-order valence-corrected chi connectivity index (χ3v) is 5.51. The van der Waals surface area contributed by atoms with Gasteiger partial charge in [0, 0.05) is 29.1 Å². The summed E-state index contributed by atoms with van der Waals surface area (Å²) >= 11 is 3.55. The van der Waals surface area contributed by atoms with Gasteiger partial charge in [-0.1, -0.05) is 28.1 Å². The number of hydrogen-bond donors (Lipinski definition) is 1. The number of halogens is 1. The van der Waals surface area contributed by atoms with E-state index in [1.807, 2.05) is 25.1 Å². The van der Waals surface area contributed by atoms with Gasteiger partial charge >= 0.3 is 0 Å². The lowest BCUT2D eigenvalue weighted by molar-refractivity contribution is 0.195. The molecule has 0 saturated carbocycles. The Labute approximate surface area is 186 Å². The molecule has 2 aromatic carbocycles. The number of fused-ring (bicyclic) bond motifs is 1. The van der Waals surface area contributed by atoms with E-state index in [9.17, 15) is 0 Å². The lowest BCUT2D eigenvalue weighted by Crippen LogP contribution is -2.11. The molecule has 7 heteroatoms. The third kappa shape index (κ3) is 4.84. The van der Waals surface area contributed by atoms with Crippen LogP contribution >= 0.6 is 15.9 Å². The highest BCUT2D eigenvalue weighted by molar-refractivity contribution is 9.10. The Morgan fingerprint density at radius 1 is 1.10 bits per heavy atom. The third-order valence-electron chi connectivity index (χ3n) is 5.02. The van der Waals surface area contributed by atoms with Crippen molar-refractivity contribution in [3.05, 3.63) is 51.8 Å². The van der Waals surface area contributed by atoms with E-state index >= 15 is 0 Å². The van der Waals surface area contributed by atoms with Gasteiger partial charge in [0.2, 0.25) is 0 Å². The van der Waals surface area contributed by atoms with Gasteiger partial charge in [0.1, 0.15) is 11.6 Å². The first-order valence-electron chi connectivity index (χ1n) is 9.91. The molecule has 1 N–H and O–H groups in total. The molecule has 0 aliphatic heterocycles. The lowest BCUT2D eigenvalue weighted by Gasteiger charge is -2.20. The van der Waals surface area contributed by atoms with Crippen LogP contribution in [0.3, 0.4) is 0 Å². The predicted molar refractivity (Wildman–Crippen MR) is 124 cm³/mol. The van der Waals surface area contributed by atoms with E-state index in [1.54, 1.807) is 21.3 Å². The first-order chi connectivity index (χ1) is 14.5. The number of anilines is 1. The van der Waals surface area contributed by atoms with Gasteiger partial charge in [-0.2, -0.15) is 0 Å². The first-order valence-corrected chi connectivity index (χ1v) is 10.7. The van der Waals surface area contributed by atoms with Crippen molar-refractivity contribution >= 4 is 32.7 Å². The van der Waals surface area contributed by atoms with Crippen LogP contribution in [0.15, 0.2) is 34.8 Å². The molecular formula is C23H28BrN3O3. The Bertz CT molecular complexity index is 1030. The molecule has 0 bridgehead atoms. The van der Waals surface area contributed by atoms with Crippen LogP contribution < -0.4 is 14.8 Å². The van der Waals surface area contributed by atoms with Crippen molar-refractivity contribution in [2.24, 2.45) is 0 Å². The van der Waals surface area contributed by atoms with E-state index < -0.39 is 0 Å². The summed E-state index contributed by atoms with van der Waals surface area (Å²) in [6.07, 6.45) is 1.62. The molecule has 6 nitrogen and oxygen atoms in total. The van der Waals surface area contributed by atoms with Crippen molar-refractivity contribution in [1.82, 2.24) is 9.97 Å². The monoisotopic (exact) mass is 473 g/mol. The molecule has 0 aliphatic rings. The van der Waals surface area contributed by atoms with Crippen molar-refractivity contribution in [2.45, 2.75) is 32.7 Å². The quantitative estimate of drug-likeness (QED) is 0.415. The molecule has 0 amide bonds. The molecular weight excluding hydrogens is 446 g/mol. The predicted octanol–water partition coefficient (Wildman–Crippen LogP) is 5.47. The van der Waals surface area contributed by atoms with E-state index in [0.717, 1.165) is 45.2 Å². The molecule has 1 aromatic heterocycles. The molecule has 0 aliphatic carbocycles. The molecule has 1 heterocycles. The number of aryl methyl sites for hydroxylation is 2. The van der Waals surface area contributed by atoms with Crippen molar-refractivity contribution in [2.75, 3.05) is 33.3 Å². The molecule has 3 aromatic rings. The second-order valence-electron chi connectivity index (χ2n) is 7.12. The van der Waals surface area contributed by atoms with E-state index in [4.69, 9.17) is 24.2 Å². The second kappa shape index (κ2) is 10.1. The van der Waals surface area contributed by atoms with Gasteiger partial charge in [-0.25, -0.2) is 9.97 Å². The van der Waals surface area contributed by atoms with Crippen LogP contribution in [0.2, 0.25) is 0 Å². The van der Waals surface area contributed by atoms with Crippen molar-refractivity contribution in [3.8, 4) is 11.5 Å². The average molecular weight is 474 g/mol. The van der Waals surface area contributed by atoms with Gasteiger partial charge in [-0.3, -0.25) is 0 Å². The minimum absolute atomic E-state index is 0.0602. The maximum absolute atomic E-state index is 5.70. The van der Waals surface area contributed by atoms with Gasteiger partial charge in [-0.05, 0) is 50.5 Å². The number of benzene rings is 2. The Morgan fingerprint density at radius 2 is 1.90 bits per heavy atom. The number of nitrogens with zero attached hydrogens (tertiary/aromatic N) is 2. The fourth-order valence-corrected chi connectivity index (χ4v) is 3.99. The van der Waals surface area contributed by atoms with Gasteiger partial charge < -0.3 is 19.5 Å². The Morgan fingerprint density at radius 3 is 2.57 bits per heavy atom. The van der Waals surface area contributed by atoms with E-state index in [0.29, 0.717) is 23.9 Å². The van der Waals surface area contributed by atoms with E-state index in [1.165, 1.54) is 0 Å². The maximum atomic E-state index is 5.70. The SMILES string of the molecule is COCCCc1c(OC)c(OC)cc2c(N[C@H](C)c3cccc(Br)c3)nc(C)nc12. The number of ether oxygens (including phenoxy) is 3. The zero-order valence-corrected chi connectivity index (χ0v) is 19.7. The highest BCUT2D eigenvalue weighted by atomic mass is 79.9. The summed E-state index contributed by atoms with van der Waals surface area (Å²) in [6, 6.07) is 10.3. The molecule has 1 atom stereocenters. The van der Waals surface area contributed by atoms with Crippen molar-refractivity contribution in [3.63, 3.8) is 0 Å². The summed E-state index contributed by atoms with van der Waals surface area (Å²) < 4.78 is 17.6. The number of aromatic nitrogens is 2. The molecule has 0 unspecified atom stereocenters. The number of rotatable bonds is 9. The van der Waals surface area contributed by atoms with Gasteiger partial charge in [-0.15, -0.1) is 0 Å². The number of nitrogens with one attached hydrogen (secondary N) is 1. The zero-order valence-electron chi connectivity index (χ0n) is 18.1. The Kier molecular flexibility index (Phi) is 7.50. The number of hydrogen-bond acceptors (Lipinski definition) is 6. The van der Waals surface area contributed by atoms with Crippen LogP contribution in [0, 0.1) is 6.92 Å². The molecule has 3 rings (SSSR count). The van der Waals surface area contributed by atoms with Crippen LogP contribution in [0.4, 0.5) is 5.82 Å². The average Bonchev–Trinajstić information content (AvgIpc) is 2.73. The summed E-state index contributed by atoms with van der Waals surface area (Å²) in [4.78, 5) is 9.46. The summed E-state index contributed by atoms with van der Waals surface area (Å²) in [7, 11) is 5.01. The molecule has 0 saturated heterocycles. The maximum Gasteiger partial charge on any atom is 0.166 e. The van der Waals surface area contributed by atoms with Gasteiger partial charge in [0.25, 0.3) is 0 Å². The van der Waals surface area contributed by atoms with Crippen LogP contribution in [-0.2, 0) is 11.2 Å². The van der Waals surface area contributed by atoms with Crippen LogP contribution in [0.25, 0.3) is 10.9 Å². The fraction of sp³-hybridized carbons (Fsp3) is 0.391.